The maximum absolute atomic E-state index is 13.5. The summed E-state index contributed by atoms with van der Waals surface area (Å²) in [7, 11) is -4.59. The van der Waals surface area contributed by atoms with Crippen LogP contribution in [-0.2, 0) is 16.3 Å². The molecular weight excluding hydrogens is 365 g/mol. The molecule has 0 bridgehead atoms. The van der Waals surface area contributed by atoms with Gasteiger partial charge in [0.2, 0.25) is 0 Å². The Hall–Kier alpha value is -1.08. The van der Waals surface area contributed by atoms with Crippen molar-refractivity contribution in [3.63, 3.8) is 0 Å². The summed E-state index contributed by atoms with van der Waals surface area (Å²) in [4.78, 5) is -0.246. The number of benzene rings is 1. The van der Waals surface area contributed by atoms with E-state index in [1.807, 2.05) is 0 Å². The highest BCUT2D eigenvalue weighted by Gasteiger charge is 2.37. The number of hydrogen-bond acceptors (Lipinski definition) is 2. The molecule has 0 unspecified atom stereocenters. The highest BCUT2D eigenvalue weighted by Crippen LogP contribution is 2.45. The summed E-state index contributed by atoms with van der Waals surface area (Å²) in [6, 6.07) is 1.93. The lowest BCUT2D eigenvalue weighted by Gasteiger charge is -2.29. The minimum atomic E-state index is -4.59. The first-order chi connectivity index (χ1) is 12.2. The van der Waals surface area contributed by atoms with Crippen LogP contribution in [0.25, 0.3) is 0 Å². The van der Waals surface area contributed by atoms with Gasteiger partial charge in [0.1, 0.15) is 4.90 Å². The predicted molar refractivity (Wildman–Crippen MR) is 92.9 cm³/mol. The SMILES string of the molecule is O=S(=O)(O)c1c(C2CCCCC2)cc(C(F)(F)F)cc1C1CCCCC1. The summed E-state index contributed by atoms with van der Waals surface area (Å²) in [5.74, 6) is -0.490. The Labute approximate surface area is 152 Å². The largest absolute Gasteiger partial charge is 0.416 e. The molecule has 2 fully saturated rings. The van der Waals surface area contributed by atoms with Gasteiger partial charge in [-0.1, -0.05) is 38.5 Å². The van der Waals surface area contributed by atoms with Gasteiger partial charge in [0.05, 0.1) is 5.56 Å². The zero-order valence-electron chi connectivity index (χ0n) is 14.7. The molecule has 0 aliphatic heterocycles. The standard InChI is InChI=1S/C19H25F3O3S/c20-19(21,22)15-11-16(13-7-3-1-4-8-13)18(26(23,24)25)17(12-15)14-9-5-2-6-10-14/h11-14H,1-10H2,(H,23,24,25). The van der Waals surface area contributed by atoms with E-state index in [1.54, 1.807) is 0 Å². The topological polar surface area (TPSA) is 54.4 Å². The zero-order chi connectivity index (χ0) is 18.9. The van der Waals surface area contributed by atoms with Crippen LogP contribution in [0, 0.1) is 0 Å². The van der Waals surface area contributed by atoms with E-state index in [2.05, 4.69) is 0 Å². The average molecular weight is 390 g/mol. The van der Waals surface area contributed by atoms with E-state index in [-0.39, 0.29) is 27.9 Å². The van der Waals surface area contributed by atoms with Crippen LogP contribution in [0.4, 0.5) is 13.2 Å². The van der Waals surface area contributed by atoms with E-state index in [0.29, 0.717) is 25.7 Å². The molecule has 2 saturated carbocycles. The van der Waals surface area contributed by atoms with E-state index >= 15 is 0 Å². The quantitative estimate of drug-likeness (QED) is 0.640. The Bertz CT molecular complexity index is 705. The summed E-state index contributed by atoms with van der Waals surface area (Å²) in [5, 5.41) is 0. The smallest absolute Gasteiger partial charge is 0.282 e. The lowest BCUT2D eigenvalue weighted by Crippen LogP contribution is -2.19. The Morgan fingerprint density at radius 1 is 0.808 bits per heavy atom. The minimum absolute atomic E-state index is 0.169. The molecule has 2 aliphatic carbocycles. The average Bonchev–Trinajstić information content (AvgIpc) is 2.60. The second-order valence-corrected chi connectivity index (χ2v) is 8.98. The molecule has 1 N–H and O–H groups in total. The van der Waals surface area contributed by atoms with Crippen LogP contribution in [0.3, 0.4) is 0 Å². The molecule has 0 atom stereocenters. The zero-order valence-corrected chi connectivity index (χ0v) is 15.5. The van der Waals surface area contributed by atoms with Gasteiger partial charge < -0.3 is 0 Å². The molecule has 146 valence electrons. The molecule has 7 heteroatoms. The van der Waals surface area contributed by atoms with Crippen molar-refractivity contribution in [3.05, 3.63) is 28.8 Å². The molecule has 1 aromatic rings. The molecule has 3 rings (SSSR count). The lowest BCUT2D eigenvalue weighted by molar-refractivity contribution is -0.137. The molecule has 0 heterocycles. The van der Waals surface area contributed by atoms with Crippen molar-refractivity contribution in [2.45, 2.75) is 87.1 Å². The van der Waals surface area contributed by atoms with Crippen LogP contribution in [0.1, 0.15) is 92.7 Å². The third-order valence-corrected chi connectivity index (χ3v) is 6.81. The number of rotatable bonds is 3. The third-order valence-electron chi connectivity index (χ3n) is 5.82. The van der Waals surface area contributed by atoms with Gasteiger partial charge in [0.25, 0.3) is 10.1 Å². The van der Waals surface area contributed by atoms with Gasteiger partial charge in [0, 0.05) is 0 Å². The van der Waals surface area contributed by atoms with Crippen LogP contribution < -0.4 is 0 Å². The molecule has 26 heavy (non-hydrogen) atoms. The first kappa shape index (κ1) is 19.7. The molecule has 3 nitrogen and oxygen atoms in total. The molecule has 1 aromatic carbocycles. The maximum atomic E-state index is 13.5. The van der Waals surface area contributed by atoms with Gasteiger partial charge in [-0.05, 0) is 60.8 Å². The van der Waals surface area contributed by atoms with Gasteiger partial charge in [-0.3, -0.25) is 4.55 Å². The molecular formula is C19H25F3O3S. The Balaban J connectivity index is 2.22. The second-order valence-electron chi connectivity index (χ2n) is 7.63. The van der Waals surface area contributed by atoms with Crippen LogP contribution in [-0.4, -0.2) is 13.0 Å². The molecule has 0 saturated heterocycles. The maximum Gasteiger partial charge on any atom is 0.416 e. The fraction of sp³-hybridized carbons (Fsp3) is 0.684. The summed E-state index contributed by atoms with van der Waals surface area (Å²) in [5.41, 5.74) is -0.462. The summed E-state index contributed by atoms with van der Waals surface area (Å²) >= 11 is 0. The summed E-state index contributed by atoms with van der Waals surface area (Å²) in [6.45, 7) is 0. The van der Waals surface area contributed by atoms with E-state index in [9.17, 15) is 26.1 Å². The Morgan fingerprint density at radius 2 is 1.19 bits per heavy atom. The normalized spacial score (nSPS) is 21.1. The van der Waals surface area contributed by atoms with Gasteiger partial charge in [-0.25, -0.2) is 0 Å². The highest BCUT2D eigenvalue weighted by atomic mass is 32.2. The van der Waals surface area contributed by atoms with Gasteiger partial charge >= 0.3 is 6.18 Å². The van der Waals surface area contributed by atoms with Crippen molar-refractivity contribution in [1.82, 2.24) is 0 Å². The molecule has 0 radical (unpaired) electrons. The van der Waals surface area contributed by atoms with Crippen molar-refractivity contribution in [2.24, 2.45) is 0 Å². The van der Waals surface area contributed by atoms with Crippen LogP contribution in [0.2, 0.25) is 0 Å². The van der Waals surface area contributed by atoms with Gasteiger partial charge in [0.15, 0.2) is 0 Å². The molecule has 2 aliphatic rings. The van der Waals surface area contributed by atoms with Crippen molar-refractivity contribution >= 4 is 10.1 Å². The molecule has 0 aromatic heterocycles. The third kappa shape index (κ3) is 4.25. The van der Waals surface area contributed by atoms with E-state index < -0.39 is 21.9 Å². The highest BCUT2D eigenvalue weighted by molar-refractivity contribution is 7.86. The Morgan fingerprint density at radius 3 is 1.50 bits per heavy atom. The van der Waals surface area contributed by atoms with Gasteiger partial charge in [-0.15, -0.1) is 0 Å². The first-order valence-corrected chi connectivity index (χ1v) is 10.8. The number of alkyl halides is 3. The van der Waals surface area contributed by atoms with Crippen molar-refractivity contribution in [1.29, 1.82) is 0 Å². The number of halogens is 3. The van der Waals surface area contributed by atoms with Crippen molar-refractivity contribution in [3.8, 4) is 0 Å². The predicted octanol–water partition coefficient (Wildman–Crippen LogP) is 6.05. The van der Waals surface area contributed by atoms with Gasteiger partial charge in [-0.2, -0.15) is 21.6 Å². The minimum Gasteiger partial charge on any atom is -0.282 e. The van der Waals surface area contributed by atoms with E-state index in [0.717, 1.165) is 50.7 Å². The molecule has 0 amide bonds. The second kappa shape index (κ2) is 7.50. The van der Waals surface area contributed by atoms with Crippen molar-refractivity contribution < 1.29 is 26.1 Å². The number of hydrogen-bond donors (Lipinski definition) is 1. The first-order valence-electron chi connectivity index (χ1n) is 9.40. The monoisotopic (exact) mass is 390 g/mol. The Kier molecular flexibility index (Phi) is 5.68. The van der Waals surface area contributed by atoms with Crippen LogP contribution in [0.15, 0.2) is 17.0 Å². The summed E-state index contributed by atoms with van der Waals surface area (Å²) < 4.78 is 74.8. The van der Waals surface area contributed by atoms with Crippen LogP contribution >= 0.6 is 0 Å². The fourth-order valence-corrected chi connectivity index (χ4v) is 5.62. The fourth-order valence-electron chi connectivity index (χ4n) is 4.57. The lowest BCUT2D eigenvalue weighted by atomic mass is 9.79. The van der Waals surface area contributed by atoms with E-state index in [1.165, 1.54) is 0 Å². The van der Waals surface area contributed by atoms with Crippen molar-refractivity contribution in [2.75, 3.05) is 0 Å². The molecule has 0 spiro atoms. The van der Waals surface area contributed by atoms with E-state index in [4.69, 9.17) is 0 Å². The van der Waals surface area contributed by atoms with Crippen LogP contribution in [0.5, 0.6) is 0 Å². The summed E-state index contributed by atoms with van der Waals surface area (Å²) in [6.07, 6.45) is 3.58.